The van der Waals surface area contributed by atoms with Crippen molar-refractivity contribution in [3.63, 3.8) is 0 Å². The molecule has 0 bridgehead atoms. The van der Waals surface area contributed by atoms with Crippen molar-refractivity contribution in [3.8, 4) is 0 Å². The number of aromatic nitrogens is 5. The summed E-state index contributed by atoms with van der Waals surface area (Å²) in [6, 6.07) is 8.25. The van der Waals surface area contributed by atoms with E-state index < -0.39 is 5.82 Å². The Morgan fingerprint density at radius 1 is 1.30 bits per heavy atom. The Balaban J connectivity index is 1.58. The molecule has 7 nitrogen and oxygen atoms in total. The van der Waals surface area contributed by atoms with Crippen LogP contribution >= 0.6 is 11.6 Å². The first-order valence-corrected chi connectivity index (χ1v) is 7.47. The van der Waals surface area contributed by atoms with Gasteiger partial charge in [-0.25, -0.2) is 4.39 Å². The molecule has 1 aromatic carbocycles. The Morgan fingerprint density at radius 2 is 2.22 bits per heavy atom. The zero-order valence-electron chi connectivity index (χ0n) is 11.9. The van der Waals surface area contributed by atoms with Crippen LogP contribution in [-0.2, 0) is 4.74 Å². The summed E-state index contributed by atoms with van der Waals surface area (Å²) >= 11 is 5.74. The number of anilines is 1. The molecule has 2 atom stereocenters. The maximum atomic E-state index is 13.7. The highest BCUT2D eigenvalue weighted by atomic mass is 35.5. The van der Waals surface area contributed by atoms with Crippen LogP contribution in [0.1, 0.15) is 18.1 Å². The largest absolute Gasteiger partial charge is 0.371 e. The molecule has 0 amide bonds. The number of nitrogens with zero attached hydrogens (tertiary/aromatic N) is 5. The van der Waals surface area contributed by atoms with Crippen LogP contribution in [0.25, 0.3) is 5.65 Å². The smallest absolute Gasteiger partial charge is 0.200 e. The van der Waals surface area contributed by atoms with Crippen molar-refractivity contribution < 1.29 is 9.13 Å². The normalized spacial score (nSPS) is 21.0. The Hall–Kier alpha value is -2.32. The number of benzene rings is 1. The second-order valence-electron chi connectivity index (χ2n) is 5.25. The summed E-state index contributed by atoms with van der Waals surface area (Å²) in [6.45, 7) is 0.583. The zero-order chi connectivity index (χ0) is 15.8. The lowest BCUT2D eigenvalue weighted by Crippen LogP contribution is -2.24. The fraction of sp³-hybridized carbons (Fsp3) is 0.286. The van der Waals surface area contributed by atoms with Gasteiger partial charge in [-0.05, 0) is 46.7 Å². The van der Waals surface area contributed by atoms with E-state index in [1.807, 2.05) is 0 Å². The lowest BCUT2D eigenvalue weighted by Gasteiger charge is -2.20. The highest BCUT2D eigenvalue weighted by Gasteiger charge is 2.30. The molecule has 1 saturated heterocycles. The van der Waals surface area contributed by atoms with Crippen LogP contribution in [0.2, 0.25) is 5.02 Å². The second-order valence-corrected chi connectivity index (χ2v) is 5.66. The Kier molecular flexibility index (Phi) is 3.55. The number of rotatable bonds is 3. The number of ether oxygens (including phenoxy) is 1. The molecule has 1 aliphatic heterocycles. The van der Waals surface area contributed by atoms with Gasteiger partial charge in [-0.15, -0.1) is 14.8 Å². The molecule has 23 heavy (non-hydrogen) atoms. The van der Waals surface area contributed by atoms with Crippen molar-refractivity contribution in [3.05, 3.63) is 46.7 Å². The predicted octanol–water partition coefficient (Wildman–Crippen LogP) is 2.25. The highest BCUT2D eigenvalue weighted by molar-refractivity contribution is 6.30. The first-order chi connectivity index (χ1) is 11.2. The summed E-state index contributed by atoms with van der Waals surface area (Å²) in [5.74, 6) is 0.173. The van der Waals surface area contributed by atoms with Gasteiger partial charge < -0.3 is 10.1 Å². The van der Waals surface area contributed by atoms with Crippen LogP contribution in [0, 0.1) is 5.82 Å². The van der Waals surface area contributed by atoms with E-state index in [4.69, 9.17) is 16.3 Å². The summed E-state index contributed by atoms with van der Waals surface area (Å²) in [5, 5.41) is 18.8. The quantitative estimate of drug-likeness (QED) is 0.791. The SMILES string of the molecule is Fc1cc(C2OCCC2Nc2ccc3nnnn3n2)ccc1Cl. The number of nitrogens with one attached hydrogen (secondary N) is 1. The zero-order valence-corrected chi connectivity index (χ0v) is 12.6. The molecule has 3 heterocycles. The minimum absolute atomic E-state index is 0.0305. The van der Waals surface area contributed by atoms with Gasteiger partial charge in [0.2, 0.25) is 0 Å². The topological polar surface area (TPSA) is 77.2 Å². The maximum Gasteiger partial charge on any atom is 0.200 e. The molecule has 3 aromatic rings. The molecule has 4 rings (SSSR count). The van der Waals surface area contributed by atoms with Crippen molar-refractivity contribution in [1.29, 1.82) is 0 Å². The molecule has 1 aliphatic rings. The van der Waals surface area contributed by atoms with Gasteiger partial charge in [-0.1, -0.05) is 17.7 Å². The summed E-state index contributed by atoms with van der Waals surface area (Å²) in [6.07, 6.45) is 0.512. The molecule has 0 spiro atoms. The number of halogens is 2. The molecular formula is C14H12ClFN6O. The van der Waals surface area contributed by atoms with Gasteiger partial charge in [-0.2, -0.15) is 0 Å². The third kappa shape index (κ3) is 2.71. The van der Waals surface area contributed by atoms with Crippen LogP contribution in [0.3, 0.4) is 0 Å². The van der Waals surface area contributed by atoms with Gasteiger partial charge in [0.1, 0.15) is 17.7 Å². The fourth-order valence-electron chi connectivity index (χ4n) is 2.67. The Bertz CT molecular complexity index is 856. The van der Waals surface area contributed by atoms with Gasteiger partial charge in [-0.3, -0.25) is 0 Å². The molecule has 0 saturated carbocycles. The van der Waals surface area contributed by atoms with E-state index in [1.54, 1.807) is 18.2 Å². The van der Waals surface area contributed by atoms with Crippen LogP contribution < -0.4 is 5.32 Å². The lowest BCUT2D eigenvalue weighted by atomic mass is 10.0. The average molecular weight is 335 g/mol. The lowest BCUT2D eigenvalue weighted by molar-refractivity contribution is 0.107. The molecular weight excluding hydrogens is 323 g/mol. The summed E-state index contributed by atoms with van der Waals surface area (Å²) < 4.78 is 20.8. The first kappa shape index (κ1) is 14.3. The van der Waals surface area contributed by atoms with E-state index in [9.17, 15) is 4.39 Å². The first-order valence-electron chi connectivity index (χ1n) is 7.09. The van der Waals surface area contributed by atoms with Crippen LogP contribution in [0.5, 0.6) is 0 Å². The third-order valence-electron chi connectivity index (χ3n) is 3.77. The summed E-state index contributed by atoms with van der Waals surface area (Å²) in [7, 11) is 0. The van der Waals surface area contributed by atoms with Gasteiger partial charge in [0.25, 0.3) is 0 Å². The van der Waals surface area contributed by atoms with Crippen molar-refractivity contribution in [2.75, 3.05) is 11.9 Å². The molecule has 2 aromatic heterocycles. The summed E-state index contributed by atoms with van der Waals surface area (Å²) in [5.41, 5.74) is 1.31. The maximum absolute atomic E-state index is 13.7. The van der Waals surface area contributed by atoms with Crippen LogP contribution in [-0.4, -0.2) is 37.9 Å². The van der Waals surface area contributed by atoms with Gasteiger partial charge in [0, 0.05) is 6.61 Å². The average Bonchev–Trinajstić information content (AvgIpc) is 3.19. The van der Waals surface area contributed by atoms with Crippen molar-refractivity contribution in [2.24, 2.45) is 0 Å². The third-order valence-corrected chi connectivity index (χ3v) is 4.07. The van der Waals surface area contributed by atoms with Crippen molar-refractivity contribution in [1.82, 2.24) is 25.3 Å². The van der Waals surface area contributed by atoms with Gasteiger partial charge >= 0.3 is 0 Å². The van der Waals surface area contributed by atoms with Crippen molar-refractivity contribution in [2.45, 2.75) is 18.6 Å². The number of hydrogen-bond acceptors (Lipinski definition) is 6. The molecule has 0 radical (unpaired) electrons. The van der Waals surface area contributed by atoms with Gasteiger partial charge in [0.05, 0.1) is 11.1 Å². The van der Waals surface area contributed by atoms with E-state index in [2.05, 4.69) is 25.9 Å². The van der Waals surface area contributed by atoms with Gasteiger partial charge in [0.15, 0.2) is 5.65 Å². The summed E-state index contributed by atoms with van der Waals surface area (Å²) in [4.78, 5) is 0. The number of fused-ring (bicyclic) bond motifs is 1. The second kappa shape index (κ2) is 5.71. The van der Waals surface area contributed by atoms with Crippen molar-refractivity contribution >= 4 is 23.1 Å². The molecule has 9 heteroatoms. The van der Waals surface area contributed by atoms with E-state index in [0.29, 0.717) is 18.1 Å². The molecule has 0 aliphatic carbocycles. The predicted molar refractivity (Wildman–Crippen MR) is 80.7 cm³/mol. The molecule has 1 fully saturated rings. The van der Waals surface area contributed by atoms with E-state index >= 15 is 0 Å². The fourth-order valence-corrected chi connectivity index (χ4v) is 2.79. The molecule has 1 N–H and O–H groups in total. The highest BCUT2D eigenvalue weighted by Crippen LogP contribution is 2.32. The minimum Gasteiger partial charge on any atom is -0.371 e. The molecule has 118 valence electrons. The standard InChI is InChI=1S/C14H12ClFN6O/c15-9-2-1-8(7-10(9)16)14-11(5-6-23-14)17-12-3-4-13-18-20-21-22(13)19-12/h1-4,7,11,14H,5-6H2,(H,17,19). The van der Waals surface area contributed by atoms with Crippen LogP contribution in [0.15, 0.2) is 30.3 Å². The monoisotopic (exact) mass is 334 g/mol. The number of hydrogen-bond donors (Lipinski definition) is 1. The number of tetrazole rings is 1. The Labute approximate surface area is 135 Å². The minimum atomic E-state index is -0.452. The van der Waals surface area contributed by atoms with Crippen LogP contribution in [0.4, 0.5) is 10.2 Å². The van der Waals surface area contributed by atoms with E-state index in [1.165, 1.54) is 16.8 Å². The Morgan fingerprint density at radius 3 is 3.09 bits per heavy atom. The van der Waals surface area contributed by atoms with E-state index in [-0.39, 0.29) is 17.2 Å². The molecule has 2 unspecified atom stereocenters. The van der Waals surface area contributed by atoms with E-state index in [0.717, 1.165) is 12.0 Å².